The predicted molar refractivity (Wildman–Crippen MR) is 130 cm³/mol. The molecule has 3 rings (SSSR count). The summed E-state index contributed by atoms with van der Waals surface area (Å²) >= 11 is 7.75. The number of thioether (sulfide) groups is 1. The van der Waals surface area contributed by atoms with Gasteiger partial charge in [0, 0.05) is 51.2 Å². The van der Waals surface area contributed by atoms with Gasteiger partial charge >= 0.3 is 0 Å². The van der Waals surface area contributed by atoms with E-state index in [0.29, 0.717) is 34.8 Å². The van der Waals surface area contributed by atoms with Crippen LogP contribution in [0.4, 0.5) is 5.82 Å². The number of nitrogens with zero attached hydrogens (tertiary/aromatic N) is 3. The maximum Gasteiger partial charge on any atom is 0.251 e. The molecule has 1 amide bonds. The Kier molecular flexibility index (Phi) is 9.34. The van der Waals surface area contributed by atoms with Gasteiger partial charge in [-0.3, -0.25) is 4.79 Å². The summed E-state index contributed by atoms with van der Waals surface area (Å²) in [5.41, 5.74) is 2.84. The van der Waals surface area contributed by atoms with Gasteiger partial charge in [-0.15, -0.1) is 0 Å². The van der Waals surface area contributed by atoms with Crippen molar-refractivity contribution in [1.82, 2.24) is 15.3 Å². The highest BCUT2D eigenvalue weighted by atomic mass is 35.5. The Morgan fingerprint density at radius 2 is 1.88 bits per heavy atom. The quantitative estimate of drug-likeness (QED) is 0.187. The number of benzene rings is 2. The maximum atomic E-state index is 12.3. The number of aromatic nitrogens is 2. The molecule has 0 saturated heterocycles. The smallest absolute Gasteiger partial charge is 0.251 e. The van der Waals surface area contributed by atoms with Crippen LogP contribution in [0.3, 0.4) is 0 Å². The Morgan fingerprint density at radius 3 is 2.66 bits per heavy atom. The van der Waals surface area contributed by atoms with E-state index >= 15 is 0 Å². The molecular formula is C24H27ClN4O2S. The standard InChI is InChI=1S/C24H27ClN4O2S/c1-29(16-18-8-4-3-5-9-18)22-15-21(25)27-24(28-22)32-17-19-10-6-11-20(14-19)23(30)26-12-7-13-31-2/h3-6,8-11,14-15H,7,12-13,16-17H2,1-2H3,(H,26,30). The molecule has 0 spiro atoms. The van der Waals surface area contributed by atoms with Crippen molar-refractivity contribution < 1.29 is 9.53 Å². The summed E-state index contributed by atoms with van der Waals surface area (Å²) in [4.78, 5) is 23.4. The zero-order valence-corrected chi connectivity index (χ0v) is 19.8. The number of halogens is 1. The van der Waals surface area contributed by atoms with E-state index in [9.17, 15) is 4.79 Å². The van der Waals surface area contributed by atoms with Crippen molar-refractivity contribution in [3.63, 3.8) is 0 Å². The van der Waals surface area contributed by atoms with E-state index in [1.807, 2.05) is 54.4 Å². The molecule has 0 fully saturated rings. The van der Waals surface area contributed by atoms with E-state index in [0.717, 1.165) is 24.3 Å². The van der Waals surface area contributed by atoms with E-state index in [2.05, 4.69) is 27.4 Å². The summed E-state index contributed by atoms with van der Waals surface area (Å²) < 4.78 is 5.01. The molecule has 32 heavy (non-hydrogen) atoms. The highest BCUT2D eigenvalue weighted by Gasteiger charge is 2.10. The number of methoxy groups -OCH3 is 1. The normalized spacial score (nSPS) is 10.7. The van der Waals surface area contributed by atoms with E-state index in [4.69, 9.17) is 16.3 Å². The molecule has 0 aliphatic carbocycles. The van der Waals surface area contributed by atoms with Crippen molar-refractivity contribution in [2.75, 3.05) is 32.2 Å². The number of anilines is 1. The van der Waals surface area contributed by atoms with Crippen LogP contribution in [0.25, 0.3) is 0 Å². The number of rotatable bonds is 11. The molecular weight excluding hydrogens is 444 g/mol. The second-order valence-electron chi connectivity index (χ2n) is 7.26. The van der Waals surface area contributed by atoms with Crippen LogP contribution in [-0.2, 0) is 17.0 Å². The molecule has 1 heterocycles. The lowest BCUT2D eigenvalue weighted by atomic mass is 10.1. The van der Waals surface area contributed by atoms with Crippen LogP contribution < -0.4 is 10.2 Å². The largest absolute Gasteiger partial charge is 0.385 e. The Hall–Kier alpha value is -2.61. The average Bonchev–Trinajstić information content (AvgIpc) is 2.81. The van der Waals surface area contributed by atoms with Gasteiger partial charge in [-0.2, -0.15) is 0 Å². The van der Waals surface area contributed by atoms with Gasteiger partial charge in [0.2, 0.25) is 0 Å². The molecule has 2 aromatic carbocycles. The first-order chi connectivity index (χ1) is 15.5. The number of nitrogens with one attached hydrogen (secondary N) is 1. The third-order valence-electron chi connectivity index (χ3n) is 4.68. The maximum absolute atomic E-state index is 12.3. The summed E-state index contributed by atoms with van der Waals surface area (Å²) in [6, 6.07) is 19.5. The summed E-state index contributed by atoms with van der Waals surface area (Å²) in [7, 11) is 3.63. The van der Waals surface area contributed by atoms with E-state index in [1.54, 1.807) is 13.2 Å². The van der Waals surface area contributed by atoms with Crippen LogP contribution in [0.1, 0.15) is 27.9 Å². The Bertz CT molecular complexity index is 1020. The number of carbonyl (C=O) groups is 1. The Balaban J connectivity index is 1.61. The molecule has 0 atom stereocenters. The number of hydrogen-bond acceptors (Lipinski definition) is 6. The third kappa shape index (κ3) is 7.51. The highest BCUT2D eigenvalue weighted by molar-refractivity contribution is 7.98. The molecule has 8 heteroatoms. The van der Waals surface area contributed by atoms with Crippen molar-refractivity contribution in [3.8, 4) is 0 Å². The molecule has 0 aliphatic rings. The molecule has 1 aromatic heterocycles. The van der Waals surface area contributed by atoms with Crippen LogP contribution in [-0.4, -0.2) is 43.2 Å². The van der Waals surface area contributed by atoms with Gasteiger partial charge in [-0.1, -0.05) is 65.8 Å². The minimum absolute atomic E-state index is 0.0863. The number of carbonyl (C=O) groups excluding carboxylic acids is 1. The fourth-order valence-corrected chi connectivity index (χ4v) is 4.08. The van der Waals surface area contributed by atoms with Crippen molar-refractivity contribution in [1.29, 1.82) is 0 Å². The SMILES string of the molecule is COCCCNC(=O)c1cccc(CSc2nc(Cl)cc(N(C)Cc3ccccc3)n2)c1. The van der Waals surface area contributed by atoms with Crippen LogP contribution in [0.15, 0.2) is 65.8 Å². The van der Waals surface area contributed by atoms with Crippen molar-refractivity contribution in [3.05, 3.63) is 82.5 Å². The van der Waals surface area contributed by atoms with E-state index in [1.165, 1.54) is 17.3 Å². The predicted octanol–water partition coefficient (Wildman–Crippen LogP) is 4.83. The van der Waals surface area contributed by atoms with Crippen molar-refractivity contribution in [2.45, 2.75) is 23.9 Å². The second-order valence-corrected chi connectivity index (χ2v) is 8.59. The molecule has 0 radical (unpaired) electrons. The van der Waals surface area contributed by atoms with Crippen LogP contribution in [0, 0.1) is 0 Å². The zero-order valence-electron chi connectivity index (χ0n) is 18.3. The fourth-order valence-electron chi connectivity index (χ4n) is 3.05. The lowest BCUT2D eigenvalue weighted by Crippen LogP contribution is -2.25. The lowest BCUT2D eigenvalue weighted by molar-refractivity contribution is 0.0948. The summed E-state index contributed by atoms with van der Waals surface area (Å²) in [6.45, 7) is 1.93. The zero-order chi connectivity index (χ0) is 22.8. The number of hydrogen-bond donors (Lipinski definition) is 1. The van der Waals surface area contributed by atoms with Gasteiger partial charge in [0.05, 0.1) is 0 Å². The molecule has 168 valence electrons. The lowest BCUT2D eigenvalue weighted by Gasteiger charge is -2.19. The summed E-state index contributed by atoms with van der Waals surface area (Å²) in [5, 5.41) is 3.91. The van der Waals surface area contributed by atoms with E-state index < -0.39 is 0 Å². The summed E-state index contributed by atoms with van der Waals surface area (Å²) in [6.07, 6.45) is 0.783. The first-order valence-corrected chi connectivity index (χ1v) is 11.7. The van der Waals surface area contributed by atoms with Gasteiger partial charge < -0.3 is 15.0 Å². The van der Waals surface area contributed by atoms with Crippen LogP contribution in [0.5, 0.6) is 0 Å². The molecule has 1 N–H and O–H groups in total. The fraction of sp³-hybridized carbons (Fsp3) is 0.292. The topological polar surface area (TPSA) is 67.3 Å². The number of ether oxygens (including phenoxy) is 1. The van der Waals surface area contributed by atoms with Gasteiger partial charge in [-0.05, 0) is 29.7 Å². The summed E-state index contributed by atoms with van der Waals surface area (Å²) in [5.74, 6) is 1.31. The highest BCUT2D eigenvalue weighted by Crippen LogP contribution is 2.25. The average molecular weight is 471 g/mol. The minimum Gasteiger partial charge on any atom is -0.385 e. The molecule has 0 unspecified atom stereocenters. The monoisotopic (exact) mass is 470 g/mol. The molecule has 0 aliphatic heterocycles. The first-order valence-electron chi connectivity index (χ1n) is 10.3. The molecule has 3 aromatic rings. The van der Waals surface area contributed by atoms with Gasteiger partial charge in [0.1, 0.15) is 11.0 Å². The van der Waals surface area contributed by atoms with Gasteiger partial charge in [0.15, 0.2) is 5.16 Å². The van der Waals surface area contributed by atoms with E-state index in [-0.39, 0.29) is 5.91 Å². The van der Waals surface area contributed by atoms with Gasteiger partial charge in [0.25, 0.3) is 5.91 Å². The molecule has 6 nitrogen and oxygen atoms in total. The Morgan fingerprint density at radius 1 is 1.09 bits per heavy atom. The molecule has 0 saturated carbocycles. The van der Waals surface area contributed by atoms with Crippen LogP contribution >= 0.6 is 23.4 Å². The van der Waals surface area contributed by atoms with Crippen molar-refractivity contribution in [2.24, 2.45) is 0 Å². The number of amides is 1. The Labute approximate surface area is 198 Å². The minimum atomic E-state index is -0.0863. The van der Waals surface area contributed by atoms with Crippen molar-refractivity contribution >= 4 is 35.1 Å². The first kappa shape index (κ1) is 24.0. The second kappa shape index (κ2) is 12.4. The van der Waals surface area contributed by atoms with Crippen LogP contribution in [0.2, 0.25) is 5.15 Å². The van der Waals surface area contributed by atoms with Gasteiger partial charge in [-0.25, -0.2) is 9.97 Å². The molecule has 0 bridgehead atoms. The third-order valence-corrected chi connectivity index (χ3v) is 5.79.